The maximum absolute atomic E-state index is 13.9. The number of aromatic nitrogens is 5. The summed E-state index contributed by atoms with van der Waals surface area (Å²) in [4.78, 5) is 126. The summed E-state index contributed by atoms with van der Waals surface area (Å²) in [6, 6.07) is 2.19. The molecule has 0 aliphatic rings. The normalized spacial score (nSPS) is 13.6. The lowest BCUT2D eigenvalue weighted by molar-refractivity contribution is -0.134. The van der Waals surface area contributed by atoms with Gasteiger partial charge in [-0.15, -0.1) is 5.10 Å². The number of rotatable bonds is 40. The topological polar surface area (TPSA) is 361 Å². The van der Waals surface area contributed by atoms with E-state index in [1.54, 1.807) is 36.1 Å². The molecule has 6 amide bonds. The van der Waals surface area contributed by atoms with E-state index in [9.17, 15) is 53.4 Å². The summed E-state index contributed by atoms with van der Waals surface area (Å²) in [7, 11) is 0. The van der Waals surface area contributed by atoms with E-state index in [2.05, 4.69) is 52.2 Å². The number of amides is 6. The first-order chi connectivity index (χ1) is 37.2. The van der Waals surface area contributed by atoms with E-state index < -0.39 is 65.5 Å². The molecular formula is C54H84N12O12. The Bertz CT molecular complexity index is 2360. The van der Waals surface area contributed by atoms with Crippen molar-refractivity contribution in [3.8, 4) is 5.75 Å². The Morgan fingerprint density at radius 1 is 0.744 bits per heavy atom. The van der Waals surface area contributed by atoms with Gasteiger partial charge in [0.15, 0.2) is 5.78 Å². The number of phenolic OH excluding ortho intramolecular Hbond substituents is 1. The summed E-state index contributed by atoms with van der Waals surface area (Å²) in [6.07, 6.45) is 7.85. The highest BCUT2D eigenvalue weighted by molar-refractivity contribution is 5.96. The van der Waals surface area contributed by atoms with Crippen LogP contribution in [-0.2, 0) is 73.7 Å². The number of nitrogens with zero attached hydrogens (tertiary/aromatic N) is 4. The maximum Gasteiger partial charge on any atom is 0.243 e. The lowest BCUT2D eigenvalue weighted by Crippen LogP contribution is -2.57. The second kappa shape index (κ2) is 35.5. The summed E-state index contributed by atoms with van der Waals surface area (Å²) >= 11 is 0. The van der Waals surface area contributed by atoms with Crippen molar-refractivity contribution in [1.29, 1.82) is 0 Å². The van der Waals surface area contributed by atoms with Gasteiger partial charge in [0.05, 0.1) is 44.9 Å². The molecule has 0 saturated carbocycles. The van der Waals surface area contributed by atoms with Crippen molar-refractivity contribution in [3.05, 3.63) is 59.9 Å². The number of H-pyrrole nitrogens is 1. The number of Topliss-reactive ketones (excluding diaryl/α,β-unsaturated/α-hetero) is 3. The molecule has 0 saturated heterocycles. The molecule has 3 aromatic rings. The molecule has 0 radical (unpaired) electrons. The lowest BCUT2D eigenvalue weighted by atomic mass is 9.89. The average Bonchev–Trinajstić information content (AvgIpc) is 4.09. The highest BCUT2D eigenvalue weighted by atomic mass is 16.5. The number of benzene rings is 1. The number of nitrogens with two attached hydrogens (primary N) is 1. The SMILES string of the molecule is CC(=O)N[C@@H](Cc1ccc(O)cc1)C(=O)N[C@H](CC(C)C)C(=O)N[C@@H](CC(=O)CCCc1cnc[nH]1)C(=O)NCCOCCn1cc(CCC(=O)C[C@@H](CCCCN)C(=O)NCC(=O)C[C@H](C(=O)N[C@H](C)CO)C(C)C)nn1. The van der Waals surface area contributed by atoms with E-state index in [0.29, 0.717) is 49.9 Å². The number of imidazole rings is 1. The Hall–Kier alpha value is -6.92. The second-order valence-corrected chi connectivity index (χ2v) is 20.6. The van der Waals surface area contributed by atoms with Gasteiger partial charge in [0.2, 0.25) is 35.4 Å². The Balaban J connectivity index is 1.53. The molecule has 0 aliphatic heterocycles. The molecule has 0 spiro atoms. The van der Waals surface area contributed by atoms with Crippen LogP contribution < -0.4 is 37.6 Å². The van der Waals surface area contributed by atoms with Gasteiger partial charge in [-0.25, -0.2) is 9.67 Å². The molecule has 6 atom stereocenters. The number of phenols is 1. The highest BCUT2D eigenvalue weighted by Crippen LogP contribution is 2.19. The van der Waals surface area contributed by atoms with Gasteiger partial charge in [0, 0.05) is 88.0 Å². The van der Waals surface area contributed by atoms with Gasteiger partial charge >= 0.3 is 0 Å². The summed E-state index contributed by atoms with van der Waals surface area (Å²) in [5.74, 6) is -5.51. The zero-order chi connectivity index (χ0) is 57.6. The van der Waals surface area contributed by atoms with Gasteiger partial charge in [-0.2, -0.15) is 0 Å². The Morgan fingerprint density at radius 2 is 1.45 bits per heavy atom. The quantitative estimate of drug-likeness (QED) is 0.0356. The molecule has 2 heterocycles. The third-order valence-corrected chi connectivity index (χ3v) is 12.8. The predicted molar refractivity (Wildman–Crippen MR) is 288 cm³/mol. The number of carbonyl (C=O) groups excluding carboxylic acids is 9. The van der Waals surface area contributed by atoms with Crippen molar-refractivity contribution in [1.82, 2.24) is 56.9 Å². The van der Waals surface area contributed by atoms with E-state index in [0.717, 1.165) is 5.69 Å². The summed E-state index contributed by atoms with van der Waals surface area (Å²) in [6.45, 7) is 10.7. The Morgan fingerprint density at radius 3 is 2.10 bits per heavy atom. The number of aliphatic hydroxyl groups excluding tert-OH is 1. The van der Waals surface area contributed by atoms with Crippen molar-refractivity contribution in [2.45, 2.75) is 156 Å². The second-order valence-electron chi connectivity index (χ2n) is 20.6. The van der Waals surface area contributed by atoms with Crippen LogP contribution in [0.3, 0.4) is 0 Å². The third-order valence-electron chi connectivity index (χ3n) is 12.8. The first-order valence-corrected chi connectivity index (χ1v) is 27.0. The van der Waals surface area contributed by atoms with Crippen LogP contribution in [0.4, 0.5) is 0 Å². The van der Waals surface area contributed by atoms with Crippen LogP contribution in [0.25, 0.3) is 0 Å². The van der Waals surface area contributed by atoms with Crippen molar-refractivity contribution in [2.75, 3.05) is 39.5 Å². The number of carbonyl (C=O) groups is 9. The van der Waals surface area contributed by atoms with Crippen LogP contribution in [0.15, 0.2) is 43.0 Å². The van der Waals surface area contributed by atoms with E-state index in [-0.39, 0.29) is 132 Å². The molecule has 1 aromatic carbocycles. The summed E-state index contributed by atoms with van der Waals surface area (Å²) in [5.41, 5.74) is 7.72. The molecule has 3 rings (SSSR count). The van der Waals surface area contributed by atoms with Gasteiger partial charge in [-0.3, -0.25) is 43.2 Å². The smallest absolute Gasteiger partial charge is 0.243 e. The van der Waals surface area contributed by atoms with Crippen molar-refractivity contribution < 1.29 is 58.1 Å². The maximum atomic E-state index is 13.9. The van der Waals surface area contributed by atoms with Crippen LogP contribution in [0.1, 0.15) is 123 Å². The van der Waals surface area contributed by atoms with Gasteiger partial charge in [0.1, 0.15) is 35.4 Å². The first kappa shape index (κ1) is 65.4. The molecule has 78 heavy (non-hydrogen) atoms. The Kier molecular flexibility index (Phi) is 29.7. The standard InChI is InChI=1S/C54H84N12O12/c1-34(2)24-47(62-54(77)48(61-37(6)68)25-38-13-16-42(69)17-14-38)53(76)63-49(28-43(70)12-9-11-40-29-56-33-59-40)52(75)57-20-22-78-23-21-66-31-41(64-65-66)15-18-44(71)26-39(10-7-8-19-55)50(73)58-30-45(72)27-46(35(3)4)51(74)60-36(5)32-67/h13-14,16-17,29,31,33-36,39,46-49,67,69H,7-12,15,18-28,30,32,55H2,1-6H3,(H,56,59)(H,57,75)(H,58,73)(H,60,74)(H,61,68)(H,62,77)(H,63,76)/t36-,39-,46+,47-,48+,49+/m1/s1. The van der Waals surface area contributed by atoms with Crippen LogP contribution in [0.2, 0.25) is 0 Å². The average molecular weight is 1090 g/mol. The molecule has 24 nitrogen and oxygen atoms in total. The van der Waals surface area contributed by atoms with Gasteiger partial charge in [-0.1, -0.05) is 51.5 Å². The molecular weight excluding hydrogens is 1010 g/mol. The molecule has 0 aliphatic carbocycles. The third kappa shape index (κ3) is 25.9. The van der Waals surface area contributed by atoms with E-state index in [4.69, 9.17) is 10.5 Å². The van der Waals surface area contributed by atoms with Crippen LogP contribution >= 0.6 is 0 Å². The van der Waals surface area contributed by atoms with Crippen molar-refractivity contribution >= 4 is 52.8 Å². The van der Waals surface area contributed by atoms with Crippen LogP contribution in [-0.4, -0.2) is 152 Å². The van der Waals surface area contributed by atoms with Crippen LogP contribution in [0.5, 0.6) is 5.75 Å². The van der Waals surface area contributed by atoms with Crippen LogP contribution in [0, 0.1) is 23.7 Å². The highest BCUT2D eigenvalue weighted by Gasteiger charge is 2.32. The molecule has 2 aromatic heterocycles. The van der Waals surface area contributed by atoms with E-state index in [1.807, 2.05) is 27.7 Å². The fourth-order valence-electron chi connectivity index (χ4n) is 8.38. The molecule has 0 fully saturated rings. The molecule has 24 heteroatoms. The monoisotopic (exact) mass is 1090 g/mol. The number of aromatic amines is 1. The zero-order valence-electron chi connectivity index (χ0n) is 46.1. The van der Waals surface area contributed by atoms with E-state index in [1.165, 1.54) is 25.4 Å². The van der Waals surface area contributed by atoms with Crippen molar-refractivity contribution in [2.24, 2.45) is 29.4 Å². The lowest BCUT2D eigenvalue weighted by Gasteiger charge is -2.26. The van der Waals surface area contributed by atoms with E-state index >= 15 is 0 Å². The number of hydrogen-bond donors (Lipinski definition) is 10. The predicted octanol–water partition coefficient (Wildman–Crippen LogP) is 1.07. The van der Waals surface area contributed by atoms with Gasteiger partial charge < -0.3 is 57.6 Å². The number of ether oxygens (including phenoxy) is 1. The molecule has 11 N–H and O–H groups in total. The number of unbranched alkanes of at least 4 members (excludes halogenated alkanes) is 1. The fraction of sp³-hybridized carbons (Fsp3) is 0.630. The number of ketones is 3. The fourth-order valence-corrected chi connectivity index (χ4v) is 8.38. The minimum atomic E-state index is -1.29. The number of hydrogen-bond acceptors (Lipinski definition) is 16. The minimum Gasteiger partial charge on any atom is -0.508 e. The molecule has 0 unspecified atom stereocenters. The number of aromatic hydroxyl groups is 1. The number of nitrogens with one attached hydrogen (secondary N) is 7. The van der Waals surface area contributed by atoms with Crippen molar-refractivity contribution in [3.63, 3.8) is 0 Å². The first-order valence-electron chi connectivity index (χ1n) is 27.0. The van der Waals surface area contributed by atoms with Gasteiger partial charge in [-0.05, 0) is 81.5 Å². The largest absolute Gasteiger partial charge is 0.508 e. The summed E-state index contributed by atoms with van der Waals surface area (Å²) in [5, 5.41) is 43.4. The minimum absolute atomic E-state index is 0.0239. The number of aliphatic hydroxyl groups is 1. The zero-order valence-corrected chi connectivity index (χ0v) is 46.1. The molecule has 432 valence electrons. The summed E-state index contributed by atoms with van der Waals surface area (Å²) < 4.78 is 7.29. The number of aryl methyl sites for hydroxylation is 2. The molecule has 0 bridgehead atoms. The van der Waals surface area contributed by atoms with Gasteiger partial charge in [0.25, 0.3) is 0 Å². The Labute approximate surface area is 456 Å².